The number of likely N-dealkylation sites (N-methyl/N-ethyl adjacent to an activating group) is 1. The maximum absolute atomic E-state index is 13.8. The quantitative estimate of drug-likeness (QED) is 0.220. The SMILES string of the molecule is CN(CCCOc1ccccc1)CCOC(=O)CN1CC2=C(C1=O)C(c1ccc(C#N)cc1)NC(=O)N2c1cccc(C(F)(F)F)c1. The minimum atomic E-state index is -4.66. The number of benzene rings is 3. The number of alkyl halides is 3. The number of urea groups is 1. The molecule has 2 aliphatic rings. The number of esters is 1. The molecule has 244 valence electrons. The van der Waals surface area contributed by atoms with Crippen LogP contribution in [0, 0.1) is 11.3 Å². The van der Waals surface area contributed by atoms with Crippen LogP contribution < -0.4 is 15.0 Å². The fourth-order valence-corrected chi connectivity index (χ4v) is 5.39. The fraction of sp³-hybridized carbons (Fsp3) is 0.294. The number of hydrogen-bond acceptors (Lipinski definition) is 7. The molecular formula is C34H32F3N5O5. The van der Waals surface area contributed by atoms with Crippen LogP contribution in [0.3, 0.4) is 0 Å². The molecule has 1 atom stereocenters. The number of rotatable bonds is 12. The number of para-hydroxylation sites is 1. The molecule has 0 saturated carbocycles. The van der Waals surface area contributed by atoms with Crippen molar-refractivity contribution in [2.45, 2.75) is 18.6 Å². The van der Waals surface area contributed by atoms with E-state index in [4.69, 9.17) is 9.47 Å². The van der Waals surface area contributed by atoms with E-state index in [2.05, 4.69) is 5.32 Å². The number of nitrogens with zero attached hydrogens (tertiary/aromatic N) is 4. The van der Waals surface area contributed by atoms with Crippen molar-refractivity contribution < 1.29 is 37.0 Å². The molecule has 10 nitrogen and oxygen atoms in total. The number of carbonyl (C=O) groups excluding carboxylic acids is 3. The molecule has 0 fully saturated rings. The normalized spacial score (nSPS) is 16.2. The second-order valence-electron chi connectivity index (χ2n) is 11.1. The lowest BCUT2D eigenvalue weighted by Crippen LogP contribution is -2.47. The van der Waals surface area contributed by atoms with Crippen LogP contribution in [-0.4, -0.2) is 74.1 Å². The van der Waals surface area contributed by atoms with Crippen molar-refractivity contribution in [2.75, 3.05) is 51.3 Å². The summed E-state index contributed by atoms with van der Waals surface area (Å²) >= 11 is 0. The molecule has 3 aromatic rings. The molecule has 5 rings (SSSR count). The van der Waals surface area contributed by atoms with Gasteiger partial charge in [0.2, 0.25) is 0 Å². The van der Waals surface area contributed by atoms with Gasteiger partial charge in [0.1, 0.15) is 18.9 Å². The number of nitriles is 1. The van der Waals surface area contributed by atoms with Gasteiger partial charge in [0.25, 0.3) is 5.91 Å². The Morgan fingerprint density at radius 1 is 1.02 bits per heavy atom. The molecule has 0 saturated heterocycles. The summed E-state index contributed by atoms with van der Waals surface area (Å²) in [6, 6.07) is 20.2. The van der Waals surface area contributed by atoms with Crippen LogP contribution in [0.1, 0.15) is 29.2 Å². The molecule has 0 spiro atoms. The van der Waals surface area contributed by atoms with Gasteiger partial charge in [0.15, 0.2) is 0 Å². The van der Waals surface area contributed by atoms with Gasteiger partial charge in [0, 0.05) is 13.1 Å². The van der Waals surface area contributed by atoms with Crippen LogP contribution in [0.2, 0.25) is 0 Å². The predicted molar refractivity (Wildman–Crippen MR) is 165 cm³/mol. The molecule has 1 N–H and O–H groups in total. The highest BCUT2D eigenvalue weighted by Gasteiger charge is 2.45. The number of halogens is 3. The van der Waals surface area contributed by atoms with Crippen LogP contribution in [0.25, 0.3) is 0 Å². The fourth-order valence-electron chi connectivity index (χ4n) is 5.39. The summed E-state index contributed by atoms with van der Waals surface area (Å²) in [6.07, 6.45) is -3.90. The summed E-state index contributed by atoms with van der Waals surface area (Å²) in [7, 11) is 1.88. The van der Waals surface area contributed by atoms with Crippen molar-refractivity contribution in [3.05, 3.63) is 107 Å². The summed E-state index contributed by atoms with van der Waals surface area (Å²) in [5.41, 5.74) is 0.0669. The summed E-state index contributed by atoms with van der Waals surface area (Å²) in [5.74, 6) is -0.448. The first-order chi connectivity index (χ1) is 22.5. The Hall–Kier alpha value is -5.35. The summed E-state index contributed by atoms with van der Waals surface area (Å²) in [4.78, 5) is 44.2. The van der Waals surface area contributed by atoms with E-state index in [-0.39, 0.29) is 30.1 Å². The minimum absolute atomic E-state index is 0.0777. The Bertz CT molecular complexity index is 1690. The highest BCUT2D eigenvalue weighted by molar-refractivity contribution is 6.08. The first-order valence-electron chi connectivity index (χ1n) is 14.9. The van der Waals surface area contributed by atoms with Crippen LogP contribution in [-0.2, 0) is 20.5 Å². The van der Waals surface area contributed by atoms with Crippen LogP contribution in [0.5, 0.6) is 5.75 Å². The third-order valence-corrected chi connectivity index (χ3v) is 7.76. The lowest BCUT2D eigenvalue weighted by Gasteiger charge is -2.33. The average Bonchev–Trinajstić information content (AvgIpc) is 3.37. The first-order valence-corrected chi connectivity index (χ1v) is 14.9. The molecule has 3 amide bonds. The topological polar surface area (TPSA) is 115 Å². The van der Waals surface area contributed by atoms with E-state index < -0.39 is 42.2 Å². The minimum Gasteiger partial charge on any atom is -0.494 e. The van der Waals surface area contributed by atoms with Gasteiger partial charge in [-0.2, -0.15) is 18.4 Å². The van der Waals surface area contributed by atoms with Gasteiger partial charge >= 0.3 is 18.2 Å². The molecule has 0 bridgehead atoms. The average molecular weight is 648 g/mol. The molecule has 47 heavy (non-hydrogen) atoms. The lowest BCUT2D eigenvalue weighted by atomic mass is 9.94. The number of hydrogen-bond donors (Lipinski definition) is 1. The Labute approximate surface area is 269 Å². The highest BCUT2D eigenvalue weighted by Crippen LogP contribution is 2.40. The predicted octanol–water partition coefficient (Wildman–Crippen LogP) is 4.89. The van der Waals surface area contributed by atoms with Gasteiger partial charge in [0.05, 0.1) is 53.3 Å². The molecule has 2 heterocycles. The maximum atomic E-state index is 13.8. The summed E-state index contributed by atoms with van der Waals surface area (Å²) < 4.78 is 51.7. The number of ether oxygens (including phenoxy) is 2. The Balaban J connectivity index is 1.25. The lowest BCUT2D eigenvalue weighted by molar-refractivity contribution is -0.148. The summed E-state index contributed by atoms with van der Waals surface area (Å²) in [5, 5.41) is 11.9. The van der Waals surface area contributed by atoms with E-state index in [1.165, 1.54) is 29.2 Å². The van der Waals surface area contributed by atoms with E-state index in [0.29, 0.717) is 30.8 Å². The summed E-state index contributed by atoms with van der Waals surface area (Å²) in [6.45, 7) is 1.12. The second kappa shape index (κ2) is 14.4. The Morgan fingerprint density at radius 2 is 1.77 bits per heavy atom. The monoisotopic (exact) mass is 647 g/mol. The van der Waals surface area contributed by atoms with Gasteiger partial charge in [-0.3, -0.25) is 14.5 Å². The number of anilines is 1. The van der Waals surface area contributed by atoms with E-state index >= 15 is 0 Å². The van der Waals surface area contributed by atoms with Crippen LogP contribution in [0.15, 0.2) is 90.1 Å². The molecule has 13 heteroatoms. The van der Waals surface area contributed by atoms with Gasteiger partial charge in [-0.1, -0.05) is 36.4 Å². The van der Waals surface area contributed by atoms with E-state index in [1.807, 2.05) is 48.3 Å². The van der Waals surface area contributed by atoms with Crippen molar-refractivity contribution in [2.24, 2.45) is 0 Å². The Kier molecular flexibility index (Phi) is 10.1. The van der Waals surface area contributed by atoms with Crippen LogP contribution in [0.4, 0.5) is 23.7 Å². The third-order valence-electron chi connectivity index (χ3n) is 7.76. The number of carbonyl (C=O) groups is 3. The van der Waals surface area contributed by atoms with Crippen molar-refractivity contribution in [1.29, 1.82) is 5.26 Å². The molecule has 0 radical (unpaired) electrons. The van der Waals surface area contributed by atoms with Gasteiger partial charge in [-0.15, -0.1) is 0 Å². The zero-order valence-corrected chi connectivity index (χ0v) is 25.5. The van der Waals surface area contributed by atoms with E-state index in [9.17, 15) is 32.8 Å². The largest absolute Gasteiger partial charge is 0.494 e. The molecule has 0 aliphatic carbocycles. The van der Waals surface area contributed by atoms with Gasteiger partial charge < -0.3 is 24.6 Å². The first kappa shape index (κ1) is 33.0. The van der Waals surface area contributed by atoms with Crippen molar-refractivity contribution >= 4 is 23.6 Å². The van der Waals surface area contributed by atoms with E-state index in [0.717, 1.165) is 29.2 Å². The third kappa shape index (κ3) is 7.90. The molecule has 1 unspecified atom stereocenters. The van der Waals surface area contributed by atoms with Gasteiger partial charge in [-0.05, 0) is 61.5 Å². The standard InChI is InChI=1S/C34H32F3N5O5/c1-40(15-6-17-46-27-9-3-2-4-10-27)16-18-47-29(43)22-41-21-28-30(32(41)44)31(24-13-11-23(20-38)12-14-24)39-33(45)42(28)26-8-5-7-25(19-26)34(35,36)37/h2-5,7-14,19,31H,6,15-18,21-22H2,1H3,(H,39,45). The molecule has 3 aromatic carbocycles. The second-order valence-corrected chi connectivity index (χ2v) is 11.1. The number of amides is 3. The molecular weight excluding hydrogens is 615 g/mol. The van der Waals surface area contributed by atoms with Crippen LogP contribution >= 0.6 is 0 Å². The smallest absolute Gasteiger partial charge is 0.416 e. The molecule has 2 aliphatic heterocycles. The molecule has 0 aromatic heterocycles. The highest BCUT2D eigenvalue weighted by atomic mass is 19.4. The van der Waals surface area contributed by atoms with Crippen molar-refractivity contribution in [3.63, 3.8) is 0 Å². The Morgan fingerprint density at radius 3 is 2.47 bits per heavy atom. The number of nitrogens with one attached hydrogen (secondary N) is 1. The zero-order chi connectivity index (χ0) is 33.6. The van der Waals surface area contributed by atoms with Crippen molar-refractivity contribution in [3.8, 4) is 11.8 Å². The van der Waals surface area contributed by atoms with E-state index in [1.54, 1.807) is 12.1 Å². The van der Waals surface area contributed by atoms with Gasteiger partial charge in [-0.25, -0.2) is 4.79 Å². The van der Waals surface area contributed by atoms with Crippen molar-refractivity contribution in [1.82, 2.24) is 15.1 Å². The zero-order valence-electron chi connectivity index (χ0n) is 25.5. The maximum Gasteiger partial charge on any atom is 0.416 e.